The summed E-state index contributed by atoms with van der Waals surface area (Å²) in [6.07, 6.45) is 4.54. The zero-order valence-electron chi connectivity index (χ0n) is 12.5. The van der Waals surface area contributed by atoms with E-state index in [0.717, 1.165) is 36.9 Å². The Morgan fingerprint density at radius 1 is 1.47 bits per heavy atom. The molecule has 1 fully saturated rings. The van der Waals surface area contributed by atoms with Gasteiger partial charge in [-0.3, -0.25) is 0 Å². The van der Waals surface area contributed by atoms with Crippen molar-refractivity contribution in [3.05, 3.63) is 29.8 Å². The Hall–Kier alpha value is -1.53. The van der Waals surface area contributed by atoms with Gasteiger partial charge in [0.2, 0.25) is 0 Å². The van der Waals surface area contributed by atoms with Crippen LogP contribution in [0.3, 0.4) is 0 Å². The fourth-order valence-electron chi connectivity index (χ4n) is 2.62. The number of aliphatic hydroxyl groups excluding tert-OH is 1. The molecule has 1 aliphatic rings. The van der Waals surface area contributed by atoms with Crippen molar-refractivity contribution in [2.45, 2.75) is 50.6 Å². The molecule has 0 aliphatic heterocycles. The molecule has 0 radical (unpaired) electrons. The third kappa shape index (κ3) is 3.48. The van der Waals surface area contributed by atoms with Crippen LogP contribution in [0.15, 0.2) is 24.3 Å². The van der Waals surface area contributed by atoms with Crippen LogP contribution < -0.4 is 4.90 Å². The van der Waals surface area contributed by atoms with Crippen LogP contribution in [0.25, 0.3) is 0 Å². The number of nitriles is 1. The van der Waals surface area contributed by atoms with E-state index in [1.807, 2.05) is 42.3 Å². The fourth-order valence-corrected chi connectivity index (χ4v) is 2.62. The predicted molar refractivity (Wildman–Crippen MR) is 76.9 cm³/mol. The molecule has 2 rings (SSSR count). The van der Waals surface area contributed by atoms with Crippen molar-refractivity contribution in [3.8, 4) is 6.07 Å². The Bertz CT molecular complexity index is 491. The molecule has 0 spiro atoms. The van der Waals surface area contributed by atoms with Crippen molar-refractivity contribution in [2.24, 2.45) is 0 Å². The van der Waals surface area contributed by atoms with Gasteiger partial charge in [0.1, 0.15) is 0 Å². The first-order valence-electron chi connectivity index (χ1n) is 7.46. The smallest absolute Gasteiger partial charge is 0.0920 e. The summed E-state index contributed by atoms with van der Waals surface area (Å²) >= 11 is 0. The Balaban J connectivity index is 2.19. The van der Waals surface area contributed by atoms with Crippen LogP contribution in [-0.2, 0) is 0 Å². The highest BCUT2D eigenvalue weighted by atomic mass is 16.3. The SMILES string of the molecule is [2H]C1(N(C)c2cccc(C(O)CC#N)c2)CCCCC1. The van der Waals surface area contributed by atoms with Gasteiger partial charge >= 0.3 is 0 Å². The van der Waals surface area contributed by atoms with E-state index < -0.39 is 12.1 Å². The Kier molecular flexibility index (Phi) is 4.33. The monoisotopic (exact) mass is 259 g/mol. The molecule has 1 aromatic rings. The molecule has 0 aromatic heterocycles. The van der Waals surface area contributed by atoms with Crippen LogP contribution >= 0.6 is 0 Å². The maximum atomic E-state index is 9.91. The van der Waals surface area contributed by atoms with Gasteiger partial charge in [-0.05, 0) is 30.5 Å². The van der Waals surface area contributed by atoms with Crippen LogP contribution in [0.4, 0.5) is 5.69 Å². The molecule has 1 aromatic carbocycles. The molecule has 1 N–H and O–H groups in total. The van der Waals surface area contributed by atoms with E-state index >= 15 is 0 Å². The zero-order chi connectivity index (χ0) is 14.6. The van der Waals surface area contributed by atoms with Gasteiger partial charge in [-0.2, -0.15) is 5.26 Å². The average Bonchev–Trinajstić information content (AvgIpc) is 2.47. The minimum atomic E-state index is -0.749. The molecule has 1 atom stereocenters. The number of nitrogens with zero attached hydrogens (tertiary/aromatic N) is 2. The summed E-state index contributed by atoms with van der Waals surface area (Å²) in [5.41, 5.74) is 1.69. The Labute approximate surface area is 116 Å². The summed E-state index contributed by atoms with van der Waals surface area (Å²) in [6, 6.07) is 9.01. The minimum absolute atomic E-state index is 0.0964. The largest absolute Gasteiger partial charge is 0.387 e. The number of aliphatic hydroxyl groups is 1. The van der Waals surface area contributed by atoms with Crippen molar-refractivity contribution in [2.75, 3.05) is 11.9 Å². The third-order valence-corrected chi connectivity index (χ3v) is 3.83. The summed E-state index contributed by atoms with van der Waals surface area (Å²) in [4.78, 5) is 2.01. The Morgan fingerprint density at radius 3 is 2.89 bits per heavy atom. The number of hydrogen-bond donors (Lipinski definition) is 1. The summed E-state index contributed by atoms with van der Waals surface area (Å²) in [5, 5.41) is 18.6. The summed E-state index contributed by atoms with van der Waals surface area (Å²) in [7, 11) is 1.95. The zero-order valence-corrected chi connectivity index (χ0v) is 11.5. The highest BCUT2D eigenvalue weighted by molar-refractivity contribution is 5.49. The van der Waals surface area contributed by atoms with E-state index in [9.17, 15) is 5.11 Å². The Morgan fingerprint density at radius 2 is 2.21 bits per heavy atom. The summed E-state index contributed by atoms with van der Waals surface area (Å²) in [6.45, 7) is 0. The third-order valence-electron chi connectivity index (χ3n) is 3.83. The van der Waals surface area contributed by atoms with Gasteiger partial charge in [-0.1, -0.05) is 31.4 Å². The molecule has 102 valence electrons. The van der Waals surface area contributed by atoms with Gasteiger partial charge in [-0.25, -0.2) is 0 Å². The lowest BCUT2D eigenvalue weighted by atomic mass is 9.94. The van der Waals surface area contributed by atoms with Crippen molar-refractivity contribution in [1.82, 2.24) is 0 Å². The second kappa shape index (κ2) is 6.58. The lowest BCUT2D eigenvalue weighted by Crippen LogP contribution is -2.33. The lowest BCUT2D eigenvalue weighted by molar-refractivity contribution is 0.183. The van der Waals surface area contributed by atoms with E-state index in [2.05, 4.69) is 0 Å². The van der Waals surface area contributed by atoms with E-state index in [-0.39, 0.29) is 6.42 Å². The highest BCUT2D eigenvalue weighted by Crippen LogP contribution is 2.28. The molecule has 3 heteroatoms. The topological polar surface area (TPSA) is 47.3 Å². The molecule has 0 saturated heterocycles. The maximum Gasteiger partial charge on any atom is 0.0920 e. The van der Waals surface area contributed by atoms with E-state index in [1.54, 1.807) is 0 Å². The molecule has 0 heterocycles. The average molecular weight is 259 g/mol. The summed E-state index contributed by atoms with van der Waals surface area (Å²) < 4.78 is 8.63. The van der Waals surface area contributed by atoms with Gasteiger partial charge in [0, 0.05) is 18.8 Å². The van der Waals surface area contributed by atoms with E-state index in [1.165, 1.54) is 6.42 Å². The molecule has 1 aliphatic carbocycles. The van der Waals surface area contributed by atoms with Gasteiger partial charge in [0.15, 0.2) is 0 Å². The second-order valence-electron chi connectivity index (χ2n) is 5.16. The van der Waals surface area contributed by atoms with Gasteiger partial charge in [0.05, 0.1) is 20.0 Å². The molecule has 1 saturated carbocycles. The first-order valence-corrected chi connectivity index (χ1v) is 6.96. The number of benzene rings is 1. The van der Waals surface area contributed by atoms with Crippen LogP contribution in [0.5, 0.6) is 0 Å². The fraction of sp³-hybridized carbons (Fsp3) is 0.562. The number of rotatable bonds is 4. The van der Waals surface area contributed by atoms with Crippen LogP contribution in [0, 0.1) is 11.3 Å². The van der Waals surface area contributed by atoms with Crippen LogP contribution in [0.2, 0.25) is 0 Å². The van der Waals surface area contributed by atoms with Gasteiger partial charge in [-0.15, -0.1) is 0 Å². The molecular weight excluding hydrogens is 236 g/mol. The second-order valence-corrected chi connectivity index (χ2v) is 5.16. The quantitative estimate of drug-likeness (QED) is 0.901. The number of anilines is 1. The van der Waals surface area contributed by atoms with Crippen molar-refractivity contribution in [3.63, 3.8) is 0 Å². The molecular formula is C16H22N2O. The van der Waals surface area contributed by atoms with Crippen LogP contribution in [-0.4, -0.2) is 18.2 Å². The van der Waals surface area contributed by atoms with Crippen LogP contribution in [0.1, 0.15) is 51.6 Å². The first-order chi connectivity index (χ1) is 9.57. The highest BCUT2D eigenvalue weighted by Gasteiger charge is 2.19. The molecule has 0 amide bonds. The predicted octanol–water partition coefficient (Wildman–Crippen LogP) is 3.40. The van der Waals surface area contributed by atoms with Gasteiger partial charge < -0.3 is 10.0 Å². The molecule has 0 bridgehead atoms. The van der Waals surface area contributed by atoms with E-state index in [4.69, 9.17) is 6.63 Å². The lowest BCUT2D eigenvalue weighted by Gasteiger charge is -2.33. The summed E-state index contributed by atoms with van der Waals surface area (Å²) in [5.74, 6) is 0. The minimum Gasteiger partial charge on any atom is -0.387 e. The normalized spacial score (nSPS) is 20.2. The molecule has 3 nitrogen and oxygen atoms in total. The van der Waals surface area contributed by atoms with Gasteiger partial charge in [0.25, 0.3) is 0 Å². The van der Waals surface area contributed by atoms with Crippen molar-refractivity contribution >= 4 is 5.69 Å². The van der Waals surface area contributed by atoms with Crippen molar-refractivity contribution in [1.29, 1.82) is 5.26 Å². The maximum absolute atomic E-state index is 9.91. The number of hydrogen-bond acceptors (Lipinski definition) is 3. The van der Waals surface area contributed by atoms with E-state index in [0.29, 0.717) is 0 Å². The molecule has 1 unspecified atom stereocenters. The first kappa shape index (κ1) is 12.5. The molecule has 19 heavy (non-hydrogen) atoms. The van der Waals surface area contributed by atoms with Crippen molar-refractivity contribution < 1.29 is 6.48 Å². The standard InChI is InChI=1S/C16H22N2O/c1-18(14-7-3-2-4-8-14)15-9-5-6-13(12-15)16(19)10-11-17/h5-6,9,12,14,16,19H,2-4,7-8,10H2,1H3/i14D.